The SMILES string of the molecule is CSCCC(NC(=O)C(Cc1ccc(O)cc1)NC(=O)C(Cc1cnc[nH]1)NC(=O)C(N)CC(C)C)C(=O)O. The monoisotopic (exact) mass is 562 g/mol. The molecule has 1 aromatic carbocycles. The molecular weight excluding hydrogens is 524 g/mol. The minimum atomic E-state index is -1.18. The van der Waals surface area contributed by atoms with Crippen LogP contribution in [0.5, 0.6) is 5.75 Å². The molecule has 2 aromatic rings. The Balaban J connectivity index is 2.28. The molecule has 0 bridgehead atoms. The number of nitrogens with two attached hydrogens (primary N) is 1. The number of aromatic hydroxyl groups is 1. The van der Waals surface area contributed by atoms with Gasteiger partial charge in [-0.15, -0.1) is 0 Å². The van der Waals surface area contributed by atoms with Crippen LogP contribution in [0.3, 0.4) is 0 Å². The van der Waals surface area contributed by atoms with Crippen molar-refractivity contribution in [3.8, 4) is 5.75 Å². The number of aromatic nitrogens is 2. The maximum absolute atomic E-state index is 13.5. The number of benzene rings is 1. The number of carboxylic acid groups (broad SMARTS) is 1. The zero-order valence-electron chi connectivity index (χ0n) is 22.3. The second kappa shape index (κ2) is 15.7. The van der Waals surface area contributed by atoms with E-state index in [1.807, 2.05) is 20.1 Å². The van der Waals surface area contributed by atoms with E-state index in [2.05, 4.69) is 25.9 Å². The first-order valence-electron chi connectivity index (χ1n) is 12.6. The van der Waals surface area contributed by atoms with Crippen LogP contribution < -0.4 is 21.7 Å². The van der Waals surface area contributed by atoms with Crippen LogP contribution >= 0.6 is 11.8 Å². The maximum atomic E-state index is 13.5. The first-order valence-corrected chi connectivity index (χ1v) is 14.0. The number of phenolic OH excluding ortho intramolecular Hbond substituents is 1. The van der Waals surface area contributed by atoms with Gasteiger partial charge >= 0.3 is 5.97 Å². The van der Waals surface area contributed by atoms with Crippen LogP contribution in [0.15, 0.2) is 36.8 Å². The topological polar surface area (TPSA) is 200 Å². The first-order chi connectivity index (χ1) is 18.5. The number of imidazole rings is 1. The van der Waals surface area contributed by atoms with Crippen molar-refractivity contribution in [1.82, 2.24) is 25.9 Å². The Bertz CT molecular complexity index is 1080. The van der Waals surface area contributed by atoms with E-state index in [4.69, 9.17) is 5.73 Å². The number of hydrogen-bond donors (Lipinski definition) is 7. The molecule has 1 heterocycles. The standard InChI is InChI=1S/C26H38N6O6S/c1-15(2)10-19(27)23(34)31-22(12-17-13-28-14-29-17)25(36)32-21(11-16-4-6-18(33)7-5-16)24(35)30-20(26(37)38)8-9-39-3/h4-7,13-15,19-22,33H,8-12,27H2,1-3H3,(H,28,29)(H,30,35)(H,31,34)(H,32,36)(H,37,38). The van der Waals surface area contributed by atoms with Gasteiger partial charge in [-0.3, -0.25) is 14.4 Å². The summed E-state index contributed by atoms with van der Waals surface area (Å²) >= 11 is 1.45. The Labute approximate surface area is 231 Å². The molecule has 8 N–H and O–H groups in total. The molecule has 0 fully saturated rings. The summed E-state index contributed by atoms with van der Waals surface area (Å²) in [4.78, 5) is 58.0. The minimum absolute atomic E-state index is 0.0182. The lowest BCUT2D eigenvalue weighted by Crippen LogP contribution is -2.58. The molecule has 39 heavy (non-hydrogen) atoms. The maximum Gasteiger partial charge on any atom is 0.326 e. The highest BCUT2D eigenvalue weighted by molar-refractivity contribution is 7.98. The quantitative estimate of drug-likeness (QED) is 0.153. The molecule has 0 spiro atoms. The summed E-state index contributed by atoms with van der Waals surface area (Å²) in [5.74, 6) is -2.32. The fourth-order valence-electron chi connectivity index (χ4n) is 3.83. The van der Waals surface area contributed by atoms with Crippen LogP contribution in [-0.2, 0) is 32.0 Å². The molecule has 214 valence electrons. The van der Waals surface area contributed by atoms with E-state index in [1.54, 1.807) is 12.1 Å². The number of hydrogen-bond acceptors (Lipinski definition) is 8. The summed E-state index contributed by atoms with van der Waals surface area (Å²) in [6.07, 6.45) is 5.49. The number of nitrogens with one attached hydrogen (secondary N) is 4. The Morgan fingerprint density at radius 1 is 0.974 bits per heavy atom. The molecule has 0 saturated carbocycles. The highest BCUT2D eigenvalue weighted by Gasteiger charge is 2.31. The Morgan fingerprint density at radius 3 is 2.10 bits per heavy atom. The number of rotatable bonds is 16. The molecule has 0 aliphatic heterocycles. The summed E-state index contributed by atoms with van der Waals surface area (Å²) in [5, 5.41) is 27.0. The second-order valence-electron chi connectivity index (χ2n) is 9.69. The molecule has 2 rings (SSSR count). The van der Waals surface area contributed by atoms with Crippen LogP contribution in [0.25, 0.3) is 0 Å². The van der Waals surface area contributed by atoms with Gasteiger partial charge in [-0.2, -0.15) is 11.8 Å². The highest BCUT2D eigenvalue weighted by Crippen LogP contribution is 2.13. The fraction of sp³-hybridized carbons (Fsp3) is 0.500. The van der Waals surface area contributed by atoms with Crippen LogP contribution in [0, 0.1) is 5.92 Å². The highest BCUT2D eigenvalue weighted by atomic mass is 32.2. The number of aromatic amines is 1. The molecule has 12 nitrogen and oxygen atoms in total. The van der Waals surface area contributed by atoms with Gasteiger partial charge in [0, 0.05) is 24.7 Å². The molecule has 0 saturated heterocycles. The van der Waals surface area contributed by atoms with Crippen molar-refractivity contribution < 1.29 is 29.4 Å². The third kappa shape index (κ3) is 11.0. The molecule has 0 aliphatic rings. The average Bonchev–Trinajstić information content (AvgIpc) is 3.39. The van der Waals surface area contributed by atoms with Crippen molar-refractivity contribution >= 4 is 35.5 Å². The minimum Gasteiger partial charge on any atom is -0.508 e. The van der Waals surface area contributed by atoms with Gasteiger partial charge in [0.1, 0.15) is 23.9 Å². The third-order valence-corrected chi connectivity index (χ3v) is 6.55. The van der Waals surface area contributed by atoms with E-state index in [-0.39, 0.29) is 30.9 Å². The lowest BCUT2D eigenvalue weighted by molar-refractivity contribution is -0.142. The molecule has 13 heteroatoms. The van der Waals surface area contributed by atoms with Crippen LogP contribution in [0.1, 0.15) is 37.9 Å². The predicted molar refractivity (Wildman–Crippen MR) is 148 cm³/mol. The number of H-pyrrole nitrogens is 1. The number of carbonyl (C=O) groups is 4. The van der Waals surface area contributed by atoms with Crippen molar-refractivity contribution in [2.75, 3.05) is 12.0 Å². The number of phenols is 1. The molecule has 0 radical (unpaired) electrons. The summed E-state index contributed by atoms with van der Waals surface area (Å²) < 4.78 is 0. The van der Waals surface area contributed by atoms with E-state index in [1.165, 1.54) is 36.4 Å². The van der Waals surface area contributed by atoms with Gasteiger partial charge < -0.3 is 36.9 Å². The smallest absolute Gasteiger partial charge is 0.326 e. The molecule has 0 aliphatic carbocycles. The van der Waals surface area contributed by atoms with Crippen molar-refractivity contribution in [2.45, 2.75) is 63.7 Å². The number of carbonyl (C=O) groups excluding carboxylic acids is 3. The Morgan fingerprint density at radius 2 is 1.56 bits per heavy atom. The zero-order chi connectivity index (χ0) is 28.9. The number of carboxylic acids is 1. The van der Waals surface area contributed by atoms with Crippen molar-refractivity contribution in [2.24, 2.45) is 11.7 Å². The van der Waals surface area contributed by atoms with Gasteiger partial charge in [-0.25, -0.2) is 9.78 Å². The van der Waals surface area contributed by atoms with E-state index in [0.29, 0.717) is 23.4 Å². The van der Waals surface area contributed by atoms with E-state index >= 15 is 0 Å². The Kier molecular flexibility index (Phi) is 12.8. The normalized spacial score (nSPS) is 14.2. The van der Waals surface area contributed by atoms with Gasteiger partial charge in [0.05, 0.1) is 12.4 Å². The number of nitrogens with zero attached hydrogens (tertiary/aromatic N) is 1. The average molecular weight is 563 g/mol. The van der Waals surface area contributed by atoms with Gasteiger partial charge in [0.2, 0.25) is 17.7 Å². The number of aliphatic carboxylic acids is 1. The second-order valence-corrected chi connectivity index (χ2v) is 10.7. The van der Waals surface area contributed by atoms with Crippen LogP contribution in [0.2, 0.25) is 0 Å². The van der Waals surface area contributed by atoms with E-state index < -0.39 is 47.9 Å². The lowest BCUT2D eigenvalue weighted by atomic mass is 10.0. The van der Waals surface area contributed by atoms with Crippen LogP contribution in [-0.4, -0.2) is 80.0 Å². The molecular formula is C26H38N6O6S. The van der Waals surface area contributed by atoms with E-state index in [0.717, 1.165) is 0 Å². The fourth-order valence-corrected chi connectivity index (χ4v) is 4.31. The summed E-state index contributed by atoms with van der Waals surface area (Å²) in [6.45, 7) is 3.86. The van der Waals surface area contributed by atoms with Gasteiger partial charge in [0.25, 0.3) is 0 Å². The lowest BCUT2D eigenvalue weighted by Gasteiger charge is -2.25. The summed E-state index contributed by atoms with van der Waals surface area (Å²) in [7, 11) is 0. The zero-order valence-corrected chi connectivity index (χ0v) is 23.2. The van der Waals surface area contributed by atoms with Gasteiger partial charge in [-0.05, 0) is 48.5 Å². The van der Waals surface area contributed by atoms with Gasteiger partial charge in [-0.1, -0.05) is 26.0 Å². The largest absolute Gasteiger partial charge is 0.508 e. The Hall–Kier alpha value is -3.58. The molecule has 4 atom stereocenters. The molecule has 4 unspecified atom stereocenters. The number of thioether (sulfide) groups is 1. The molecule has 1 aromatic heterocycles. The number of amides is 3. The van der Waals surface area contributed by atoms with Crippen molar-refractivity contribution in [3.63, 3.8) is 0 Å². The van der Waals surface area contributed by atoms with Crippen molar-refractivity contribution in [3.05, 3.63) is 48.0 Å². The van der Waals surface area contributed by atoms with Gasteiger partial charge in [0.15, 0.2) is 0 Å². The molecule has 3 amide bonds. The van der Waals surface area contributed by atoms with Crippen molar-refractivity contribution in [1.29, 1.82) is 0 Å². The summed E-state index contributed by atoms with van der Waals surface area (Å²) in [6, 6.07) is 1.87. The van der Waals surface area contributed by atoms with Crippen LogP contribution in [0.4, 0.5) is 0 Å². The summed E-state index contributed by atoms with van der Waals surface area (Å²) in [5.41, 5.74) is 7.22. The predicted octanol–water partition coefficient (Wildman–Crippen LogP) is 0.566. The van der Waals surface area contributed by atoms with E-state index in [9.17, 15) is 29.4 Å². The first kappa shape index (κ1) is 31.6. The third-order valence-electron chi connectivity index (χ3n) is 5.91.